The first-order valence-electron chi connectivity index (χ1n) is 8.37. The number of nitrogens with zero attached hydrogens (tertiary/aromatic N) is 1. The van der Waals surface area contributed by atoms with Crippen molar-refractivity contribution in [1.29, 1.82) is 0 Å². The highest BCUT2D eigenvalue weighted by Crippen LogP contribution is 2.24. The lowest BCUT2D eigenvalue weighted by Crippen LogP contribution is -2.37. The molecule has 0 aliphatic heterocycles. The van der Waals surface area contributed by atoms with E-state index in [1.165, 1.54) is 25.7 Å². The highest BCUT2D eigenvalue weighted by atomic mass is 32.2. The molecule has 1 N–H and O–H groups in total. The highest BCUT2D eigenvalue weighted by Gasteiger charge is 2.19. The Hall–Kier alpha value is -0.920. The minimum atomic E-state index is -3.33. The second-order valence-electron chi connectivity index (χ2n) is 6.57. The number of sulfonamides is 1. The predicted octanol–water partition coefficient (Wildman–Crippen LogP) is 2.35. The van der Waals surface area contributed by atoms with Crippen LogP contribution in [0, 0.1) is 19.8 Å². The Morgan fingerprint density at radius 3 is 2.65 bits per heavy atom. The quantitative estimate of drug-likeness (QED) is 0.696. The van der Waals surface area contributed by atoms with Crippen LogP contribution in [-0.4, -0.2) is 38.6 Å². The van der Waals surface area contributed by atoms with Gasteiger partial charge in [-0.2, -0.15) is 0 Å². The zero-order chi connectivity index (χ0) is 16.9. The lowest BCUT2D eigenvalue weighted by atomic mass is 10.1. The van der Waals surface area contributed by atoms with Crippen LogP contribution in [-0.2, 0) is 21.2 Å². The van der Waals surface area contributed by atoms with Crippen LogP contribution in [0.25, 0.3) is 0 Å². The van der Waals surface area contributed by atoms with Crippen LogP contribution in [0.15, 0.2) is 4.52 Å². The molecule has 1 unspecified atom stereocenters. The van der Waals surface area contributed by atoms with Crippen LogP contribution < -0.4 is 4.72 Å². The van der Waals surface area contributed by atoms with Gasteiger partial charge in [0.25, 0.3) is 0 Å². The molecule has 1 aromatic heterocycles. The molecule has 132 valence electrons. The molecule has 1 saturated carbocycles. The summed E-state index contributed by atoms with van der Waals surface area (Å²) in [5, 5.41) is 3.89. The van der Waals surface area contributed by atoms with Gasteiger partial charge in [0.05, 0.1) is 18.1 Å². The normalized spacial score (nSPS) is 17.7. The number of aryl methyl sites for hydroxylation is 2. The smallest absolute Gasteiger partial charge is 0.214 e. The molecule has 0 aromatic carbocycles. The Kier molecular flexibility index (Phi) is 6.61. The first-order valence-corrected chi connectivity index (χ1v) is 10.0. The standard InChI is InChI=1S/C16H28N2O4S/c1-12(10-16-13(2)17-22-14(16)3)18-23(19,20)9-8-21-11-15-6-4-5-7-15/h12,15,18H,4-11H2,1-3H3. The van der Waals surface area contributed by atoms with E-state index in [0.717, 1.165) is 17.0 Å². The lowest BCUT2D eigenvalue weighted by Gasteiger charge is -2.15. The van der Waals surface area contributed by atoms with E-state index in [1.807, 2.05) is 20.8 Å². The first kappa shape index (κ1) is 18.4. The molecular weight excluding hydrogens is 316 g/mol. The second kappa shape index (κ2) is 8.26. The van der Waals surface area contributed by atoms with Crippen LogP contribution in [0.3, 0.4) is 0 Å². The van der Waals surface area contributed by atoms with Crippen molar-refractivity contribution in [3.05, 3.63) is 17.0 Å². The summed E-state index contributed by atoms with van der Waals surface area (Å²) in [6.07, 6.45) is 5.53. The summed E-state index contributed by atoms with van der Waals surface area (Å²) in [6, 6.07) is -0.202. The fourth-order valence-electron chi connectivity index (χ4n) is 3.10. The summed E-state index contributed by atoms with van der Waals surface area (Å²) >= 11 is 0. The third kappa shape index (κ3) is 5.90. The third-order valence-corrected chi connectivity index (χ3v) is 5.86. The molecule has 6 nitrogen and oxygen atoms in total. The summed E-state index contributed by atoms with van der Waals surface area (Å²) in [5.74, 6) is 1.36. The van der Waals surface area contributed by atoms with Gasteiger partial charge in [-0.25, -0.2) is 13.1 Å². The highest BCUT2D eigenvalue weighted by molar-refractivity contribution is 7.89. The van der Waals surface area contributed by atoms with E-state index < -0.39 is 10.0 Å². The lowest BCUT2D eigenvalue weighted by molar-refractivity contribution is 0.113. The van der Waals surface area contributed by atoms with Gasteiger partial charge >= 0.3 is 0 Å². The summed E-state index contributed by atoms with van der Waals surface area (Å²) < 4.78 is 37.6. The summed E-state index contributed by atoms with van der Waals surface area (Å²) in [4.78, 5) is 0. The van der Waals surface area contributed by atoms with Gasteiger partial charge in [-0.05, 0) is 46.0 Å². The van der Waals surface area contributed by atoms with Gasteiger partial charge in [0.1, 0.15) is 5.76 Å². The van der Waals surface area contributed by atoms with Crippen LogP contribution in [0.5, 0.6) is 0 Å². The zero-order valence-electron chi connectivity index (χ0n) is 14.3. The van der Waals surface area contributed by atoms with Crippen molar-refractivity contribution in [2.24, 2.45) is 5.92 Å². The molecule has 23 heavy (non-hydrogen) atoms. The number of nitrogens with one attached hydrogen (secondary N) is 1. The van der Waals surface area contributed by atoms with Gasteiger partial charge in [0.15, 0.2) is 0 Å². The molecule has 0 spiro atoms. The van der Waals surface area contributed by atoms with E-state index in [9.17, 15) is 8.42 Å². The van der Waals surface area contributed by atoms with Gasteiger partial charge in [-0.1, -0.05) is 18.0 Å². The molecule has 1 heterocycles. The largest absolute Gasteiger partial charge is 0.380 e. The summed E-state index contributed by atoms with van der Waals surface area (Å²) in [6.45, 7) is 6.49. The van der Waals surface area contributed by atoms with Crippen LogP contribution in [0.4, 0.5) is 0 Å². The Bertz CT molecular complexity index is 572. The maximum Gasteiger partial charge on any atom is 0.214 e. The van der Waals surface area contributed by atoms with Crippen molar-refractivity contribution < 1.29 is 17.7 Å². The molecule has 1 aliphatic rings. The molecule has 0 radical (unpaired) electrons. The SMILES string of the molecule is Cc1noc(C)c1CC(C)NS(=O)(=O)CCOCC1CCCC1. The monoisotopic (exact) mass is 344 g/mol. The number of hydrogen-bond acceptors (Lipinski definition) is 5. The van der Waals surface area contributed by atoms with Gasteiger partial charge in [-0.15, -0.1) is 0 Å². The van der Waals surface area contributed by atoms with Gasteiger partial charge in [0, 0.05) is 18.2 Å². The Morgan fingerprint density at radius 1 is 1.35 bits per heavy atom. The summed E-state index contributed by atoms with van der Waals surface area (Å²) in [7, 11) is -3.33. The third-order valence-electron chi connectivity index (χ3n) is 4.40. The van der Waals surface area contributed by atoms with Crippen LogP contribution >= 0.6 is 0 Å². The van der Waals surface area contributed by atoms with E-state index >= 15 is 0 Å². The van der Waals surface area contributed by atoms with E-state index in [4.69, 9.17) is 9.26 Å². The first-order chi connectivity index (χ1) is 10.9. The van der Waals surface area contributed by atoms with Crippen molar-refractivity contribution in [2.75, 3.05) is 19.0 Å². The molecule has 0 amide bonds. The second-order valence-corrected chi connectivity index (χ2v) is 8.44. The molecule has 0 bridgehead atoms. The molecule has 1 aliphatic carbocycles. The van der Waals surface area contributed by atoms with Crippen molar-refractivity contribution in [1.82, 2.24) is 9.88 Å². The van der Waals surface area contributed by atoms with Gasteiger partial charge in [-0.3, -0.25) is 0 Å². The van der Waals surface area contributed by atoms with E-state index in [-0.39, 0.29) is 18.4 Å². The average molecular weight is 344 g/mol. The Morgan fingerprint density at radius 2 is 2.04 bits per heavy atom. The zero-order valence-corrected chi connectivity index (χ0v) is 15.1. The summed E-state index contributed by atoms with van der Waals surface area (Å²) in [5.41, 5.74) is 1.78. The van der Waals surface area contributed by atoms with Crippen molar-refractivity contribution in [2.45, 2.75) is 58.9 Å². The molecular formula is C16H28N2O4S. The average Bonchev–Trinajstić information content (AvgIpc) is 3.08. The molecule has 1 fully saturated rings. The van der Waals surface area contributed by atoms with E-state index in [2.05, 4.69) is 9.88 Å². The van der Waals surface area contributed by atoms with E-state index in [1.54, 1.807) is 0 Å². The minimum absolute atomic E-state index is 0.00562. The molecule has 0 saturated heterocycles. The van der Waals surface area contributed by atoms with Crippen molar-refractivity contribution >= 4 is 10.0 Å². The fourth-order valence-corrected chi connectivity index (χ4v) is 4.25. The number of aromatic nitrogens is 1. The topological polar surface area (TPSA) is 81.4 Å². The van der Waals surface area contributed by atoms with Crippen LogP contribution in [0.2, 0.25) is 0 Å². The van der Waals surface area contributed by atoms with Crippen LogP contribution in [0.1, 0.15) is 49.6 Å². The number of rotatable bonds is 9. The van der Waals surface area contributed by atoms with E-state index in [0.29, 0.717) is 18.9 Å². The predicted molar refractivity (Wildman–Crippen MR) is 88.8 cm³/mol. The maximum absolute atomic E-state index is 12.1. The number of ether oxygens (including phenoxy) is 1. The minimum Gasteiger partial charge on any atom is -0.380 e. The Balaban J connectivity index is 1.71. The molecule has 1 atom stereocenters. The van der Waals surface area contributed by atoms with Crippen molar-refractivity contribution in [3.63, 3.8) is 0 Å². The van der Waals surface area contributed by atoms with Crippen molar-refractivity contribution in [3.8, 4) is 0 Å². The fraction of sp³-hybridized carbons (Fsp3) is 0.812. The van der Waals surface area contributed by atoms with Gasteiger partial charge in [0.2, 0.25) is 10.0 Å². The molecule has 7 heteroatoms. The molecule has 2 rings (SSSR count). The maximum atomic E-state index is 12.1. The molecule has 1 aromatic rings. The Labute approximate surface area is 139 Å². The van der Waals surface area contributed by atoms with Gasteiger partial charge < -0.3 is 9.26 Å². The number of hydrogen-bond donors (Lipinski definition) is 1.